The van der Waals surface area contributed by atoms with Crippen LogP contribution in [0.25, 0.3) is 22.6 Å². The Morgan fingerprint density at radius 3 is 2.62 bits per heavy atom. The largest absolute Gasteiger partial charge is 0.493 e. The van der Waals surface area contributed by atoms with Gasteiger partial charge in [-0.05, 0) is 42.0 Å². The van der Waals surface area contributed by atoms with Crippen molar-refractivity contribution in [3.8, 4) is 28.4 Å². The Morgan fingerprint density at radius 2 is 1.90 bits per heavy atom. The van der Waals surface area contributed by atoms with Crippen LogP contribution in [0.1, 0.15) is 0 Å². The van der Waals surface area contributed by atoms with E-state index in [0.717, 1.165) is 11.3 Å². The van der Waals surface area contributed by atoms with Gasteiger partial charge in [-0.1, -0.05) is 36.4 Å². The summed E-state index contributed by atoms with van der Waals surface area (Å²) in [6.45, 7) is 4.00. The predicted molar refractivity (Wildman–Crippen MR) is 113 cm³/mol. The van der Waals surface area contributed by atoms with E-state index in [1.54, 1.807) is 47.9 Å². The topological polar surface area (TPSA) is 57.8 Å². The highest BCUT2D eigenvalue weighted by atomic mass is 35.5. The van der Waals surface area contributed by atoms with Crippen molar-refractivity contribution in [3.05, 3.63) is 89.1 Å². The SMILES string of the molecule is C=CCOc1ccc(-n2cnc3ccc(-c4ccc(Cl)cc4)n3c2=O)cc1OC. The molecule has 0 unspecified atom stereocenters. The molecule has 0 atom stereocenters. The third-order valence-electron chi connectivity index (χ3n) is 4.49. The van der Waals surface area contributed by atoms with E-state index in [1.807, 2.05) is 24.3 Å². The lowest BCUT2D eigenvalue weighted by atomic mass is 10.1. The zero-order valence-electron chi connectivity index (χ0n) is 15.7. The van der Waals surface area contributed by atoms with Gasteiger partial charge in [0.05, 0.1) is 18.5 Å². The molecule has 0 bridgehead atoms. The van der Waals surface area contributed by atoms with Gasteiger partial charge in [0.1, 0.15) is 18.6 Å². The van der Waals surface area contributed by atoms with Gasteiger partial charge >= 0.3 is 5.69 Å². The van der Waals surface area contributed by atoms with Crippen molar-refractivity contribution in [2.24, 2.45) is 0 Å². The zero-order chi connectivity index (χ0) is 20.4. The number of halogens is 1. The van der Waals surface area contributed by atoms with Crippen molar-refractivity contribution < 1.29 is 9.47 Å². The lowest BCUT2D eigenvalue weighted by Crippen LogP contribution is -2.26. The van der Waals surface area contributed by atoms with E-state index in [2.05, 4.69) is 11.6 Å². The minimum atomic E-state index is -0.244. The van der Waals surface area contributed by atoms with Crippen molar-refractivity contribution in [1.82, 2.24) is 14.0 Å². The maximum atomic E-state index is 13.3. The van der Waals surface area contributed by atoms with Gasteiger partial charge in [-0.15, -0.1) is 0 Å². The quantitative estimate of drug-likeness (QED) is 0.445. The van der Waals surface area contributed by atoms with Gasteiger partial charge in [0.15, 0.2) is 11.5 Å². The zero-order valence-corrected chi connectivity index (χ0v) is 16.5. The average molecular weight is 408 g/mol. The summed E-state index contributed by atoms with van der Waals surface area (Å²) in [5.41, 5.74) is 2.54. The maximum Gasteiger partial charge on any atom is 0.340 e. The van der Waals surface area contributed by atoms with Crippen molar-refractivity contribution in [2.45, 2.75) is 0 Å². The predicted octanol–water partition coefficient (Wildman–Crippen LogP) is 4.38. The number of hydrogen-bond acceptors (Lipinski definition) is 4. The van der Waals surface area contributed by atoms with Crippen molar-refractivity contribution >= 4 is 17.2 Å². The number of fused-ring (bicyclic) bond motifs is 1. The number of methoxy groups -OCH3 is 1. The maximum absolute atomic E-state index is 13.3. The van der Waals surface area contributed by atoms with E-state index in [1.165, 1.54) is 10.9 Å². The molecule has 0 spiro atoms. The second-order valence-electron chi connectivity index (χ2n) is 6.25. The minimum absolute atomic E-state index is 0.244. The van der Waals surface area contributed by atoms with Gasteiger partial charge in [-0.3, -0.25) is 4.57 Å². The van der Waals surface area contributed by atoms with Crippen molar-refractivity contribution in [3.63, 3.8) is 0 Å². The number of ether oxygens (including phenoxy) is 2. The fourth-order valence-corrected chi connectivity index (χ4v) is 3.22. The molecule has 146 valence electrons. The number of nitrogens with zero attached hydrogens (tertiary/aromatic N) is 3. The van der Waals surface area contributed by atoms with Gasteiger partial charge in [-0.25, -0.2) is 14.2 Å². The molecule has 6 nitrogen and oxygen atoms in total. The van der Waals surface area contributed by atoms with Crippen LogP contribution in [-0.2, 0) is 0 Å². The van der Waals surface area contributed by atoms with Crippen LogP contribution in [-0.4, -0.2) is 27.7 Å². The Morgan fingerprint density at radius 1 is 1.10 bits per heavy atom. The fraction of sp³-hybridized carbons (Fsp3) is 0.0909. The number of hydrogen-bond donors (Lipinski definition) is 0. The molecule has 4 rings (SSSR count). The molecule has 0 aliphatic rings. The first-order chi connectivity index (χ1) is 14.1. The average Bonchev–Trinajstić information content (AvgIpc) is 3.18. The second-order valence-corrected chi connectivity index (χ2v) is 6.69. The Bertz CT molecular complexity index is 1240. The third-order valence-corrected chi connectivity index (χ3v) is 4.74. The molecule has 0 fully saturated rings. The molecule has 0 N–H and O–H groups in total. The Kier molecular flexibility index (Phi) is 5.10. The summed E-state index contributed by atoms with van der Waals surface area (Å²) >= 11 is 5.99. The summed E-state index contributed by atoms with van der Waals surface area (Å²) in [5.74, 6) is 1.09. The standard InChI is InChI=1S/C22H18ClN3O3/c1-3-12-29-19-10-8-17(13-20(19)28-2)25-14-24-21-11-9-18(26(21)22(25)27)15-4-6-16(23)7-5-15/h3-11,13-14H,1,12H2,2H3. The molecule has 29 heavy (non-hydrogen) atoms. The van der Waals surface area contributed by atoms with E-state index in [0.29, 0.717) is 34.5 Å². The van der Waals surface area contributed by atoms with Crippen LogP contribution in [0, 0.1) is 0 Å². The molecule has 7 heteroatoms. The molecule has 0 aliphatic heterocycles. The fourth-order valence-electron chi connectivity index (χ4n) is 3.10. The Hall–Kier alpha value is -3.51. The lowest BCUT2D eigenvalue weighted by molar-refractivity contribution is 0.326. The molecule has 2 aromatic heterocycles. The second kappa shape index (κ2) is 7.85. The summed E-state index contributed by atoms with van der Waals surface area (Å²) in [6.07, 6.45) is 3.16. The van der Waals surface area contributed by atoms with Gasteiger partial charge in [0, 0.05) is 11.1 Å². The van der Waals surface area contributed by atoms with Gasteiger partial charge in [0.2, 0.25) is 0 Å². The molecule has 0 saturated carbocycles. The van der Waals surface area contributed by atoms with E-state index < -0.39 is 0 Å². The van der Waals surface area contributed by atoms with Crippen molar-refractivity contribution in [2.75, 3.05) is 13.7 Å². The van der Waals surface area contributed by atoms with E-state index in [-0.39, 0.29) is 5.69 Å². The summed E-state index contributed by atoms with van der Waals surface area (Å²) in [4.78, 5) is 17.7. The summed E-state index contributed by atoms with van der Waals surface area (Å²) in [6, 6.07) is 16.3. The smallest absolute Gasteiger partial charge is 0.340 e. The molecule has 0 aliphatic carbocycles. The van der Waals surface area contributed by atoms with Crippen LogP contribution in [0.2, 0.25) is 5.02 Å². The van der Waals surface area contributed by atoms with Crippen LogP contribution < -0.4 is 15.2 Å². The van der Waals surface area contributed by atoms with Gasteiger partial charge < -0.3 is 9.47 Å². The van der Waals surface area contributed by atoms with Crippen LogP contribution in [0.4, 0.5) is 0 Å². The first-order valence-corrected chi connectivity index (χ1v) is 9.27. The molecule has 4 aromatic rings. The molecular formula is C22H18ClN3O3. The molecular weight excluding hydrogens is 390 g/mol. The first kappa shape index (κ1) is 18.8. The highest BCUT2D eigenvalue weighted by molar-refractivity contribution is 6.30. The van der Waals surface area contributed by atoms with Gasteiger partial charge in [0.25, 0.3) is 0 Å². The minimum Gasteiger partial charge on any atom is -0.493 e. The van der Waals surface area contributed by atoms with Crippen LogP contribution >= 0.6 is 11.6 Å². The van der Waals surface area contributed by atoms with E-state index >= 15 is 0 Å². The Balaban J connectivity index is 1.84. The summed E-state index contributed by atoms with van der Waals surface area (Å²) in [7, 11) is 1.55. The van der Waals surface area contributed by atoms with E-state index in [9.17, 15) is 4.79 Å². The van der Waals surface area contributed by atoms with Crippen LogP contribution in [0.3, 0.4) is 0 Å². The van der Waals surface area contributed by atoms with Gasteiger partial charge in [-0.2, -0.15) is 0 Å². The third kappa shape index (κ3) is 3.50. The van der Waals surface area contributed by atoms with Crippen LogP contribution in [0.5, 0.6) is 11.5 Å². The summed E-state index contributed by atoms with van der Waals surface area (Å²) < 4.78 is 14.0. The molecule has 0 radical (unpaired) electrons. The molecule has 0 amide bonds. The summed E-state index contributed by atoms with van der Waals surface area (Å²) in [5, 5.41) is 0.635. The first-order valence-electron chi connectivity index (χ1n) is 8.89. The molecule has 2 aromatic carbocycles. The highest BCUT2D eigenvalue weighted by Crippen LogP contribution is 2.29. The monoisotopic (exact) mass is 407 g/mol. The number of aromatic nitrogens is 3. The normalized spacial score (nSPS) is 10.8. The highest BCUT2D eigenvalue weighted by Gasteiger charge is 2.13. The lowest BCUT2D eigenvalue weighted by Gasteiger charge is -2.13. The number of benzene rings is 2. The molecule has 0 saturated heterocycles. The number of rotatable bonds is 6. The van der Waals surface area contributed by atoms with Crippen LogP contribution in [0.15, 0.2) is 78.4 Å². The Labute approximate surface area is 172 Å². The van der Waals surface area contributed by atoms with Crippen molar-refractivity contribution in [1.29, 1.82) is 0 Å². The van der Waals surface area contributed by atoms with E-state index in [4.69, 9.17) is 21.1 Å². The molecule has 2 heterocycles.